The number of anilines is 1. The van der Waals surface area contributed by atoms with Gasteiger partial charge in [-0.2, -0.15) is 0 Å². The van der Waals surface area contributed by atoms with Crippen LogP contribution in [-0.4, -0.2) is 49.2 Å². The summed E-state index contributed by atoms with van der Waals surface area (Å²) >= 11 is 0. The van der Waals surface area contributed by atoms with E-state index in [1.54, 1.807) is 6.08 Å². The summed E-state index contributed by atoms with van der Waals surface area (Å²) in [5.74, 6) is 1.85. The molecule has 3 fully saturated rings. The summed E-state index contributed by atoms with van der Waals surface area (Å²) in [7, 11) is 6.09. The SMILES string of the molecule is CN(C)c1ccc(/C=C2/C[C@H]3[C@@H]4CC[C@H]5N(C)C(=O)C=C[C@]5(C)[C@H]4CC[C@]3(C)[C@H]2O)cc1. The number of aliphatic hydroxyl groups excluding tert-OH is 1. The minimum Gasteiger partial charge on any atom is -0.388 e. The van der Waals surface area contributed by atoms with E-state index in [4.69, 9.17) is 0 Å². The number of hydrogen-bond donors (Lipinski definition) is 1. The Balaban J connectivity index is 1.44. The van der Waals surface area contributed by atoms with Gasteiger partial charge in [-0.05, 0) is 79.2 Å². The van der Waals surface area contributed by atoms with Gasteiger partial charge in [0.1, 0.15) is 0 Å². The fourth-order valence-corrected chi connectivity index (χ4v) is 7.82. The Labute approximate surface area is 193 Å². The molecule has 1 aromatic carbocycles. The van der Waals surface area contributed by atoms with Gasteiger partial charge >= 0.3 is 0 Å². The lowest BCUT2D eigenvalue weighted by Crippen LogP contribution is -2.59. The van der Waals surface area contributed by atoms with Crippen LogP contribution < -0.4 is 4.90 Å². The molecule has 4 nitrogen and oxygen atoms in total. The average Bonchev–Trinajstić information content (AvgIpc) is 3.02. The van der Waals surface area contributed by atoms with Crippen molar-refractivity contribution in [1.29, 1.82) is 0 Å². The van der Waals surface area contributed by atoms with E-state index in [2.05, 4.69) is 69.3 Å². The number of amides is 1. The molecule has 1 aliphatic heterocycles. The standard InChI is InChI=1S/C28H38N2O2/c1-27-15-13-25(31)30(5)24(27)11-10-21-22(27)12-14-28(2)23(21)17-19(26(28)32)16-18-6-8-20(9-7-18)29(3)4/h6-9,13,15-16,21-24,26,32H,10-12,14,17H2,1-5H3/b19-16-/t21-,22+,23+,24-,26+,27-,28+/m1/s1. The molecule has 5 rings (SSSR count). The van der Waals surface area contributed by atoms with Crippen molar-refractivity contribution in [1.82, 2.24) is 4.90 Å². The molecule has 4 aliphatic rings. The van der Waals surface area contributed by atoms with Crippen molar-refractivity contribution in [3.05, 3.63) is 47.6 Å². The van der Waals surface area contributed by atoms with Gasteiger partial charge in [-0.25, -0.2) is 0 Å². The molecule has 7 atom stereocenters. The van der Waals surface area contributed by atoms with Crippen LogP contribution in [-0.2, 0) is 4.79 Å². The van der Waals surface area contributed by atoms with Crippen LogP contribution >= 0.6 is 0 Å². The second-order valence-electron chi connectivity index (χ2n) is 11.5. The molecular weight excluding hydrogens is 396 g/mol. The number of aliphatic hydroxyl groups is 1. The Morgan fingerprint density at radius 2 is 1.81 bits per heavy atom. The Morgan fingerprint density at radius 1 is 1.09 bits per heavy atom. The van der Waals surface area contributed by atoms with E-state index in [1.165, 1.54) is 16.8 Å². The van der Waals surface area contributed by atoms with Gasteiger partial charge < -0.3 is 14.9 Å². The van der Waals surface area contributed by atoms with Crippen molar-refractivity contribution in [2.45, 2.75) is 58.1 Å². The monoisotopic (exact) mass is 434 g/mol. The van der Waals surface area contributed by atoms with Crippen molar-refractivity contribution in [3.63, 3.8) is 0 Å². The van der Waals surface area contributed by atoms with E-state index < -0.39 is 0 Å². The van der Waals surface area contributed by atoms with Gasteiger partial charge in [0.05, 0.1) is 6.10 Å². The van der Waals surface area contributed by atoms with Crippen LogP contribution in [0.25, 0.3) is 6.08 Å². The van der Waals surface area contributed by atoms with Crippen molar-refractivity contribution >= 4 is 17.7 Å². The first kappa shape index (κ1) is 21.8. The summed E-state index contributed by atoms with van der Waals surface area (Å²) in [5, 5.41) is 11.5. The summed E-state index contributed by atoms with van der Waals surface area (Å²) < 4.78 is 0. The molecule has 0 saturated heterocycles. The lowest BCUT2D eigenvalue weighted by atomic mass is 9.48. The molecule has 3 aliphatic carbocycles. The van der Waals surface area contributed by atoms with Gasteiger partial charge in [0.2, 0.25) is 5.91 Å². The maximum atomic E-state index is 12.3. The van der Waals surface area contributed by atoms with Crippen molar-refractivity contribution in [3.8, 4) is 0 Å². The fraction of sp³-hybridized carbons (Fsp3) is 0.607. The highest BCUT2D eigenvalue weighted by Crippen LogP contribution is 2.65. The smallest absolute Gasteiger partial charge is 0.246 e. The minimum absolute atomic E-state index is 0.0418. The van der Waals surface area contributed by atoms with E-state index in [9.17, 15) is 9.90 Å². The van der Waals surface area contributed by atoms with Crippen LogP contribution in [0.15, 0.2) is 42.0 Å². The second kappa shape index (κ2) is 7.48. The van der Waals surface area contributed by atoms with Crippen LogP contribution in [0, 0.1) is 28.6 Å². The highest BCUT2D eigenvalue weighted by atomic mass is 16.3. The predicted octanol–water partition coefficient (Wildman–Crippen LogP) is 4.75. The van der Waals surface area contributed by atoms with Gasteiger partial charge in [0.15, 0.2) is 0 Å². The van der Waals surface area contributed by atoms with Crippen molar-refractivity contribution in [2.75, 3.05) is 26.0 Å². The number of carbonyl (C=O) groups is 1. The zero-order valence-electron chi connectivity index (χ0n) is 20.2. The van der Waals surface area contributed by atoms with Gasteiger partial charge in [0, 0.05) is 43.7 Å². The lowest BCUT2D eigenvalue weighted by Gasteiger charge is -2.59. The summed E-state index contributed by atoms with van der Waals surface area (Å²) in [6.07, 6.45) is 11.3. The highest BCUT2D eigenvalue weighted by Gasteiger charge is 2.61. The molecule has 1 heterocycles. The maximum absolute atomic E-state index is 12.3. The Morgan fingerprint density at radius 3 is 2.50 bits per heavy atom. The molecule has 1 N–H and O–H groups in total. The van der Waals surface area contributed by atoms with Crippen LogP contribution in [0.5, 0.6) is 0 Å². The second-order valence-corrected chi connectivity index (χ2v) is 11.5. The Hall–Kier alpha value is -2.07. The van der Waals surface area contributed by atoms with Gasteiger partial charge in [-0.15, -0.1) is 0 Å². The summed E-state index contributed by atoms with van der Waals surface area (Å²) in [4.78, 5) is 16.4. The average molecular weight is 435 g/mol. The van der Waals surface area contributed by atoms with E-state index in [0.717, 1.165) is 32.1 Å². The molecule has 32 heavy (non-hydrogen) atoms. The zero-order valence-corrected chi connectivity index (χ0v) is 20.2. The molecule has 1 amide bonds. The zero-order chi connectivity index (χ0) is 22.8. The van der Waals surface area contributed by atoms with Crippen LogP contribution in [0.4, 0.5) is 5.69 Å². The van der Waals surface area contributed by atoms with Crippen molar-refractivity contribution < 1.29 is 9.90 Å². The first-order valence-corrected chi connectivity index (χ1v) is 12.3. The number of hydrogen-bond acceptors (Lipinski definition) is 3. The van der Waals surface area contributed by atoms with E-state index in [-0.39, 0.29) is 22.8 Å². The number of benzene rings is 1. The quantitative estimate of drug-likeness (QED) is 0.731. The Kier molecular flexibility index (Phi) is 5.09. The summed E-state index contributed by atoms with van der Waals surface area (Å²) in [6, 6.07) is 8.92. The largest absolute Gasteiger partial charge is 0.388 e. The molecule has 0 radical (unpaired) electrons. The number of nitrogens with zero attached hydrogens (tertiary/aromatic N) is 2. The molecule has 1 aromatic rings. The lowest BCUT2D eigenvalue weighted by molar-refractivity contribution is -0.140. The third-order valence-corrected chi connectivity index (χ3v) is 9.76. The summed E-state index contributed by atoms with van der Waals surface area (Å²) in [6.45, 7) is 4.71. The van der Waals surface area contributed by atoms with Gasteiger partial charge in [0.25, 0.3) is 0 Å². The molecule has 0 spiro atoms. The topological polar surface area (TPSA) is 43.8 Å². The van der Waals surface area contributed by atoms with Crippen LogP contribution in [0.1, 0.15) is 51.5 Å². The van der Waals surface area contributed by atoms with Crippen LogP contribution in [0.2, 0.25) is 0 Å². The molecule has 0 unspecified atom stereocenters. The van der Waals surface area contributed by atoms with E-state index in [0.29, 0.717) is 23.8 Å². The highest BCUT2D eigenvalue weighted by molar-refractivity contribution is 5.89. The van der Waals surface area contributed by atoms with Gasteiger partial charge in [-0.3, -0.25) is 4.79 Å². The molecule has 4 heteroatoms. The first-order valence-electron chi connectivity index (χ1n) is 12.3. The molecule has 0 aromatic heterocycles. The van der Waals surface area contributed by atoms with Crippen LogP contribution in [0.3, 0.4) is 0 Å². The molecule has 3 saturated carbocycles. The normalized spacial score (nSPS) is 41.9. The number of fused-ring (bicyclic) bond motifs is 5. The number of carbonyl (C=O) groups excluding carboxylic acids is 1. The number of likely N-dealkylation sites (N-methyl/N-ethyl adjacent to an activating group) is 1. The molecule has 0 bridgehead atoms. The predicted molar refractivity (Wildman–Crippen MR) is 130 cm³/mol. The fourth-order valence-electron chi connectivity index (χ4n) is 7.82. The first-order chi connectivity index (χ1) is 15.1. The third-order valence-electron chi connectivity index (χ3n) is 9.76. The minimum atomic E-state index is -0.362. The van der Waals surface area contributed by atoms with E-state index >= 15 is 0 Å². The third kappa shape index (κ3) is 3.09. The Bertz CT molecular complexity index is 964. The van der Waals surface area contributed by atoms with E-state index in [1.807, 2.05) is 11.9 Å². The number of rotatable bonds is 2. The molecular formula is C28H38N2O2. The van der Waals surface area contributed by atoms with Crippen molar-refractivity contribution in [2.24, 2.45) is 28.6 Å². The summed E-state index contributed by atoms with van der Waals surface area (Å²) in [5.41, 5.74) is 3.58. The van der Waals surface area contributed by atoms with Gasteiger partial charge in [-0.1, -0.05) is 38.1 Å². The maximum Gasteiger partial charge on any atom is 0.246 e. The molecule has 172 valence electrons.